The van der Waals surface area contributed by atoms with E-state index in [0.29, 0.717) is 18.9 Å². The van der Waals surface area contributed by atoms with Gasteiger partial charge in [-0.2, -0.15) is 5.26 Å². The van der Waals surface area contributed by atoms with Gasteiger partial charge in [0.25, 0.3) is 0 Å². The van der Waals surface area contributed by atoms with Crippen molar-refractivity contribution < 1.29 is 19.8 Å². The minimum atomic E-state index is -1.02. The number of amidine groups is 1. The van der Waals surface area contributed by atoms with E-state index in [1.165, 1.54) is 28.4 Å². The summed E-state index contributed by atoms with van der Waals surface area (Å²) in [7, 11) is 0. The van der Waals surface area contributed by atoms with E-state index in [1.807, 2.05) is 6.07 Å². The second kappa shape index (κ2) is 6.82. The summed E-state index contributed by atoms with van der Waals surface area (Å²) in [5.74, 6) is -1.16. The molecule has 0 bridgehead atoms. The molecule has 3 N–H and O–H groups in total. The first-order valence-electron chi connectivity index (χ1n) is 7.62. The van der Waals surface area contributed by atoms with Crippen molar-refractivity contribution in [3.63, 3.8) is 0 Å². The van der Waals surface area contributed by atoms with Gasteiger partial charge >= 0.3 is 5.97 Å². The first-order valence-corrected chi connectivity index (χ1v) is 9.50. The number of hydrogen-bond donors (Lipinski definition) is 3. The number of amides is 1. The number of rotatable bonds is 5. The van der Waals surface area contributed by atoms with E-state index in [2.05, 4.69) is 10.3 Å². The standard InChI is InChI=1S/C14H18N4O4S2/c1-6(19)9-11(20)18-10(13(21)22)14(24-12(9)18)23-7-4-16-8(2-3-15)17-5-7/h6-7,9-10,12,14,19H,2,4-5H2,1H3,(H,16,17)(H,21,22)/t6?,9-,10?,12+,14?/m0/s1. The minimum Gasteiger partial charge on any atom is -0.480 e. The Kier molecular flexibility index (Phi) is 4.94. The molecule has 130 valence electrons. The first-order chi connectivity index (χ1) is 11.4. The number of hydrogen-bond acceptors (Lipinski definition) is 8. The summed E-state index contributed by atoms with van der Waals surface area (Å²) in [6.45, 7) is 2.71. The second-order valence-electron chi connectivity index (χ2n) is 5.95. The van der Waals surface area contributed by atoms with Crippen LogP contribution in [0.1, 0.15) is 13.3 Å². The molecule has 3 aliphatic rings. The second-order valence-corrected chi connectivity index (χ2v) is 8.96. The van der Waals surface area contributed by atoms with Gasteiger partial charge in [-0.05, 0) is 6.92 Å². The Balaban J connectivity index is 1.67. The Labute approximate surface area is 147 Å². The maximum atomic E-state index is 12.2. The molecule has 0 spiro atoms. The predicted octanol–water partition coefficient (Wildman–Crippen LogP) is -0.305. The van der Waals surface area contributed by atoms with Gasteiger partial charge in [0.2, 0.25) is 5.91 Å². The van der Waals surface area contributed by atoms with Crippen molar-refractivity contribution in [1.29, 1.82) is 5.26 Å². The number of fused-ring (bicyclic) bond motifs is 1. The fourth-order valence-electron chi connectivity index (χ4n) is 3.12. The Morgan fingerprint density at radius 2 is 2.42 bits per heavy atom. The number of thioether (sulfide) groups is 2. The van der Waals surface area contributed by atoms with E-state index in [9.17, 15) is 19.8 Å². The largest absolute Gasteiger partial charge is 0.480 e. The van der Waals surface area contributed by atoms with Gasteiger partial charge in [0.05, 0.1) is 41.0 Å². The Morgan fingerprint density at radius 3 is 2.96 bits per heavy atom. The fourth-order valence-corrected chi connectivity index (χ4v) is 6.86. The van der Waals surface area contributed by atoms with Crippen LogP contribution in [-0.4, -0.2) is 73.3 Å². The molecule has 3 aliphatic heterocycles. The molecular weight excluding hydrogens is 352 g/mol. The number of aliphatic carboxylic acids is 1. The molecule has 2 fully saturated rings. The number of nitriles is 1. The topological polar surface area (TPSA) is 126 Å². The highest BCUT2D eigenvalue weighted by molar-refractivity contribution is 8.18. The molecule has 3 heterocycles. The van der Waals surface area contributed by atoms with Crippen molar-refractivity contribution in [2.24, 2.45) is 10.9 Å². The third-order valence-electron chi connectivity index (χ3n) is 4.32. The third kappa shape index (κ3) is 2.96. The van der Waals surface area contributed by atoms with Crippen LogP contribution >= 0.6 is 23.5 Å². The number of aliphatic hydroxyl groups is 1. The zero-order chi connectivity index (χ0) is 17.4. The fraction of sp³-hybridized carbons (Fsp3) is 0.714. The zero-order valence-electron chi connectivity index (χ0n) is 13.0. The van der Waals surface area contributed by atoms with Gasteiger partial charge in [-0.1, -0.05) is 0 Å². The number of nitrogens with zero attached hydrogens (tertiary/aromatic N) is 3. The van der Waals surface area contributed by atoms with Gasteiger partial charge in [0.1, 0.15) is 5.84 Å². The van der Waals surface area contributed by atoms with Crippen LogP contribution in [-0.2, 0) is 9.59 Å². The third-order valence-corrected chi connectivity index (χ3v) is 7.54. The number of aliphatic hydroxyl groups excluding tert-OH is 1. The van der Waals surface area contributed by atoms with E-state index >= 15 is 0 Å². The summed E-state index contributed by atoms with van der Waals surface area (Å²) in [5, 5.41) is 30.8. The number of nitrogens with one attached hydrogen (secondary N) is 1. The SMILES string of the molecule is CC(O)[C@H]1C(=O)N2C(C(=O)O)C(SC3CN=C(CC#N)NC3)S[C@H]12. The van der Waals surface area contributed by atoms with Gasteiger partial charge < -0.3 is 20.4 Å². The van der Waals surface area contributed by atoms with Crippen molar-refractivity contribution in [3.8, 4) is 6.07 Å². The molecule has 0 saturated carbocycles. The van der Waals surface area contributed by atoms with Gasteiger partial charge in [-0.3, -0.25) is 9.79 Å². The summed E-state index contributed by atoms with van der Waals surface area (Å²) in [6, 6.07) is 1.16. The lowest BCUT2D eigenvalue weighted by molar-refractivity contribution is -0.166. The van der Waals surface area contributed by atoms with Gasteiger partial charge in [0.15, 0.2) is 6.04 Å². The van der Waals surface area contributed by atoms with Crippen LogP contribution in [0, 0.1) is 17.2 Å². The zero-order valence-corrected chi connectivity index (χ0v) is 14.6. The van der Waals surface area contributed by atoms with Gasteiger partial charge in [-0.15, -0.1) is 23.5 Å². The number of carbonyl (C=O) groups is 2. The molecule has 0 aromatic heterocycles. The molecule has 4 unspecified atom stereocenters. The van der Waals surface area contributed by atoms with Crippen molar-refractivity contribution in [1.82, 2.24) is 10.2 Å². The van der Waals surface area contributed by atoms with E-state index in [4.69, 9.17) is 5.26 Å². The lowest BCUT2D eigenvalue weighted by atomic mass is 9.91. The molecule has 1 amide bonds. The van der Waals surface area contributed by atoms with E-state index in [-0.39, 0.29) is 27.5 Å². The summed E-state index contributed by atoms with van der Waals surface area (Å²) in [4.78, 5) is 29.5. The average Bonchev–Trinajstić information content (AvgIpc) is 2.83. The van der Waals surface area contributed by atoms with Crippen LogP contribution < -0.4 is 5.32 Å². The molecule has 0 radical (unpaired) electrons. The van der Waals surface area contributed by atoms with Crippen LogP contribution in [0.3, 0.4) is 0 Å². The highest BCUT2D eigenvalue weighted by Crippen LogP contribution is 2.52. The number of carboxylic acids is 1. The Bertz CT molecular complexity index is 620. The Morgan fingerprint density at radius 1 is 1.67 bits per heavy atom. The van der Waals surface area contributed by atoms with Crippen molar-refractivity contribution in [3.05, 3.63) is 0 Å². The molecular formula is C14H18N4O4S2. The van der Waals surface area contributed by atoms with Crippen LogP contribution in [0.4, 0.5) is 0 Å². The molecule has 2 saturated heterocycles. The molecule has 0 aromatic carbocycles. The van der Waals surface area contributed by atoms with Crippen LogP contribution in [0.15, 0.2) is 4.99 Å². The summed E-state index contributed by atoms with van der Waals surface area (Å²) in [5.41, 5.74) is 0. The smallest absolute Gasteiger partial charge is 0.328 e. The number of aliphatic imine (C=N–C) groups is 1. The predicted molar refractivity (Wildman–Crippen MR) is 90.5 cm³/mol. The van der Waals surface area contributed by atoms with Crippen molar-refractivity contribution >= 4 is 41.2 Å². The molecule has 3 rings (SSSR count). The molecule has 10 heteroatoms. The van der Waals surface area contributed by atoms with E-state index in [0.717, 1.165) is 0 Å². The molecule has 0 aliphatic carbocycles. The molecule has 24 heavy (non-hydrogen) atoms. The highest BCUT2D eigenvalue weighted by Gasteiger charge is 2.62. The summed E-state index contributed by atoms with van der Waals surface area (Å²) >= 11 is 2.94. The molecule has 8 nitrogen and oxygen atoms in total. The van der Waals surface area contributed by atoms with Gasteiger partial charge in [-0.25, -0.2) is 4.79 Å². The van der Waals surface area contributed by atoms with Crippen LogP contribution in [0.2, 0.25) is 0 Å². The summed E-state index contributed by atoms with van der Waals surface area (Å²) in [6.07, 6.45) is -0.535. The first kappa shape index (κ1) is 17.4. The monoisotopic (exact) mass is 370 g/mol. The van der Waals surface area contributed by atoms with Crippen molar-refractivity contribution in [2.75, 3.05) is 13.1 Å². The van der Waals surface area contributed by atoms with Crippen molar-refractivity contribution in [2.45, 2.75) is 40.7 Å². The van der Waals surface area contributed by atoms with E-state index in [1.54, 1.807) is 6.92 Å². The van der Waals surface area contributed by atoms with E-state index < -0.39 is 24.0 Å². The molecule has 6 atom stereocenters. The lowest BCUT2D eigenvalue weighted by Gasteiger charge is -2.44. The normalized spacial score (nSPS) is 36.0. The summed E-state index contributed by atoms with van der Waals surface area (Å²) < 4.78 is -0.292. The molecule has 0 aromatic rings. The van der Waals surface area contributed by atoms with Crippen LogP contribution in [0.25, 0.3) is 0 Å². The average molecular weight is 370 g/mol. The minimum absolute atomic E-state index is 0.0885. The maximum absolute atomic E-state index is 12.2. The number of β-lactam (4-membered cyclic amide) rings is 1. The number of carbonyl (C=O) groups excluding carboxylic acids is 1. The Hall–Kier alpha value is -1.44. The quantitative estimate of drug-likeness (QED) is 0.563. The lowest BCUT2D eigenvalue weighted by Crippen LogP contribution is -2.64. The van der Waals surface area contributed by atoms with Crippen LogP contribution in [0.5, 0.6) is 0 Å². The highest BCUT2D eigenvalue weighted by atomic mass is 32.2. The number of carboxylic acid groups (broad SMARTS) is 1. The maximum Gasteiger partial charge on any atom is 0.328 e. The van der Waals surface area contributed by atoms with Gasteiger partial charge in [0, 0.05) is 11.8 Å².